The smallest absolute Gasteiger partial charge is 0.214 e. The Balaban J connectivity index is 2.13. The Morgan fingerprint density at radius 2 is 0.912 bits per heavy atom. The van der Waals surface area contributed by atoms with Crippen LogP contribution >= 0.6 is 0 Å². The maximum atomic E-state index is 15.1. The second-order valence-electron chi connectivity index (χ2n) is 9.38. The Morgan fingerprint density at radius 1 is 0.647 bits per heavy atom. The molecule has 0 heterocycles. The minimum atomic E-state index is -3.58. The number of rotatable bonds is 11. The van der Waals surface area contributed by atoms with Crippen LogP contribution in [0, 0.1) is 0 Å². The van der Waals surface area contributed by atoms with E-state index in [1.165, 1.54) is 41.5 Å². The van der Waals surface area contributed by atoms with Gasteiger partial charge in [-0.05, 0) is 63.8 Å². The number of halogens is 2. The van der Waals surface area contributed by atoms with Gasteiger partial charge in [-0.2, -0.15) is 0 Å². The van der Waals surface area contributed by atoms with Gasteiger partial charge in [-0.1, -0.05) is 48.5 Å². The molecular formula is C24H34F2N2O4S2. The Hall–Kier alpha value is -1.88. The van der Waals surface area contributed by atoms with E-state index in [1.54, 1.807) is 48.5 Å². The van der Waals surface area contributed by atoms with Crippen molar-refractivity contribution < 1.29 is 25.6 Å². The molecule has 0 bridgehead atoms. The van der Waals surface area contributed by atoms with Gasteiger partial charge in [-0.3, -0.25) is 0 Å². The van der Waals surface area contributed by atoms with Crippen molar-refractivity contribution in [2.45, 2.75) is 63.4 Å². The molecule has 0 aromatic heterocycles. The van der Waals surface area contributed by atoms with Gasteiger partial charge in [-0.15, -0.1) is 0 Å². The summed E-state index contributed by atoms with van der Waals surface area (Å²) in [5.74, 6) is 0. The van der Waals surface area contributed by atoms with Crippen molar-refractivity contribution >= 4 is 20.0 Å². The Labute approximate surface area is 202 Å². The first-order valence-corrected chi connectivity index (χ1v) is 14.1. The van der Waals surface area contributed by atoms with Crippen LogP contribution in [0.4, 0.5) is 8.78 Å². The number of hydrogen-bond acceptors (Lipinski definition) is 4. The topological polar surface area (TPSA) is 92.3 Å². The van der Waals surface area contributed by atoms with Gasteiger partial charge in [0, 0.05) is 13.1 Å². The zero-order valence-corrected chi connectivity index (χ0v) is 22.0. The van der Waals surface area contributed by atoms with Gasteiger partial charge in [0.15, 0.2) is 0 Å². The van der Waals surface area contributed by atoms with Crippen molar-refractivity contribution in [3.05, 3.63) is 59.7 Å². The molecule has 0 aliphatic carbocycles. The zero-order chi connectivity index (χ0) is 25.9. The van der Waals surface area contributed by atoms with Crippen LogP contribution in [0.15, 0.2) is 48.5 Å². The monoisotopic (exact) mass is 516 g/mol. The predicted molar refractivity (Wildman–Crippen MR) is 133 cm³/mol. The second kappa shape index (κ2) is 10.4. The van der Waals surface area contributed by atoms with Crippen LogP contribution in [-0.2, 0) is 31.4 Å². The molecule has 0 amide bonds. The summed E-state index contributed by atoms with van der Waals surface area (Å²) in [6.07, 6.45) is 0. The third-order valence-corrected chi connectivity index (χ3v) is 9.33. The summed E-state index contributed by atoms with van der Waals surface area (Å²) in [5.41, 5.74) is -1.60. The van der Waals surface area contributed by atoms with Crippen molar-refractivity contribution in [2.75, 3.05) is 13.1 Å². The van der Waals surface area contributed by atoms with E-state index >= 15 is 8.78 Å². The van der Waals surface area contributed by atoms with Crippen LogP contribution < -0.4 is 9.44 Å². The van der Waals surface area contributed by atoms with Crippen molar-refractivity contribution in [3.63, 3.8) is 0 Å². The Kier molecular flexibility index (Phi) is 8.67. The van der Waals surface area contributed by atoms with Crippen molar-refractivity contribution in [1.29, 1.82) is 0 Å². The summed E-state index contributed by atoms with van der Waals surface area (Å²) in [4.78, 5) is 0. The Bertz CT molecular complexity index is 1080. The second-order valence-corrected chi connectivity index (χ2v) is 14.0. The van der Waals surface area contributed by atoms with E-state index in [0.717, 1.165) is 11.1 Å². The van der Waals surface area contributed by atoms with E-state index in [-0.39, 0.29) is 13.1 Å². The fourth-order valence-corrected chi connectivity index (χ4v) is 4.64. The summed E-state index contributed by atoms with van der Waals surface area (Å²) in [6, 6.07) is 13.2. The molecule has 0 fully saturated rings. The maximum absolute atomic E-state index is 15.1. The van der Waals surface area contributed by atoms with E-state index in [0.29, 0.717) is 11.1 Å². The normalized spacial score (nSPS) is 16.4. The molecule has 34 heavy (non-hydrogen) atoms. The third-order valence-electron chi connectivity index (χ3n) is 5.76. The molecule has 6 nitrogen and oxygen atoms in total. The van der Waals surface area contributed by atoms with Gasteiger partial charge in [0.1, 0.15) is 11.3 Å². The highest BCUT2D eigenvalue weighted by molar-refractivity contribution is 7.90. The third kappa shape index (κ3) is 7.07. The quantitative estimate of drug-likeness (QED) is 0.464. The minimum absolute atomic E-state index is 0.327. The molecule has 2 unspecified atom stereocenters. The number of nitrogens with one attached hydrogen (secondary N) is 2. The largest absolute Gasteiger partial charge is 0.238 e. The SMILES string of the molecule is CC(C)S(=O)(=O)NCC(C)(F)c1ccc(-c2ccc(C(C)(F)CNS(=O)(=O)C(C)C)cc2)cc1. The summed E-state index contributed by atoms with van der Waals surface area (Å²) in [5, 5.41) is -1.31. The summed E-state index contributed by atoms with van der Waals surface area (Å²) in [7, 11) is -7.16. The van der Waals surface area contributed by atoms with Gasteiger partial charge in [0.05, 0.1) is 10.5 Å². The lowest BCUT2D eigenvalue weighted by molar-refractivity contribution is 0.196. The average molecular weight is 517 g/mol. The first-order chi connectivity index (χ1) is 15.5. The van der Waals surface area contributed by atoms with Gasteiger partial charge in [0.2, 0.25) is 20.0 Å². The van der Waals surface area contributed by atoms with E-state index in [2.05, 4.69) is 9.44 Å². The average Bonchev–Trinajstić information content (AvgIpc) is 2.77. The van der Waals surface area contributed by atoms with Crippen LogP contribution in [0.25, 0.3) is 11.1 Å². The fraction of sp³-hybridized carbons (Fsp3) is 0.500. The molecule has 2 rings (SSSR count). The molecular weight excluding hydrogens is 482 g/mol. The standard InChI is InChI=1S/C24H34F2N2O4S2/c1-17(2)33(29,30)27-15-23(5,25)21-11-7-19(8-12-21)20-9-13-22(14-10-20)24(6,26)16-28-34(31,32)18(3)4/h7-14,17-18,27-28H,15-16H2,1-6H3. The molecule has 190 valence electrons. The molecule has 0 saturated heterocycles. The predicted octanol–water partition coefficient (Wildman–Crippen LogP) is 4.38. The van der Waals surface area contributed by atoms with E-state index in [1.807, 2.05) is 0 Å². The molecule has 2 N–H and O–H groups in total. The highest BCUT2D eigenvalue weighted by atomic mass is 32.2. The lowest BCUT2D eigenvalue weighted by Gasteiger charge is -2.23. The van der Waals surface area contributed by atoms with Gasteiger partial charge < -0.3 is 0 Å². The van der Waals surface area contributed by atoms with Crippen molar-refractivity contribution in [2.24, 2.45) is 0 Å². The Morgan fingerprint density at radius 3 is 1.15 bits per heavy atom. The summed E-state index contributed by atoms with van der Waals surface area (Å²) >= 11 is 0. The lowest BCUT2D eigenvalue weighted by Crippen LogP contribution is -2.39. The highest BCUT2D eigenvalue weighted by Gasteiger charge is 2.30. The van der Waals surface area contributed by atoms with Crippen molar-refractivity contribution in [3.8, 4) is 11.1 Å². The molecule has 0 saturated carbocycles. The fourth-order valence-electron chi connectivity index (χ4n) is 3.03. The van der Waals surface area contributed by atoms with E-state index in [4.69, 9.17) is 0 Å². The minimum Gasteiger partial charge on any atom is -0.238 e. The lowest BCUT2D eigenvalue weighted by atomic mass is 9.93. The maximum Gasteiger partial charge on any atom is 0.214 e. The number of alkyl halides is 2. The van der Waals surface area contributed by atoms with Crippen LogP contribution in [-0.4, -0.2) is 40.4 Å². The first kappa shape index (κ1) is 28.4. The molecule has 0 aliphatic heterocycles. The zero-order valence-electron chi connectivity index (χ0n) is 20.4. The van der Waals surface area contributed by atoms with Gasteiger partial charge in [0.25, 0.3) is 0 Å². The molecule has 10 heteroatoms. The van der Waals surface area contributed by atoms with Crippen LogP contribution in [0.3, 0.4) is 0 Å². The first-order valence-electron chi connectivity index (χ1n) is 11.0. The van der Waals surface area contributed by atoms with Crippen LogP contribution in [0.2, 0.25) is 0 Å². The molecule has 0 radical (unpaired) electrons. The van der Waals surface area contributed by atoms with Crippen LogP contribution in [0.1, 0.15) is 52.7 Å². The number of benzene rings is 2. The van der Waals surface area contributed by atoms with E-state index in [9.17, 15) is 16.8 Å². The summed E-state index contributed by atoms with van der Waals surface area (Å²) < 4.78 is 82.6. The number of hydrogen-bond donors (Lipinski definition) is 2. The van der Waals surface area contributed by atoms with Crippen molar-refractivity contribution in [1.82, 2.24) is 9.44 Å². The molecule has 2 aromatic rings. The summed E-state index contributed by atoms with van der Waals surface area (Å²) in [6.45, 7) is 7.96. The van der Waals surface area contributed by atoms with Gasteiger partial charge in [-0.25, -0.2) is 35.1 Å². The molecule has 2 atom stereocenters. The molecule has 2 aromatic carbocycles. The van der Waals surface area contributed by atoms with Crippen LogP contribution in [0.5, 0.6) is 0 Å². The molecule has 0 aliphatic rings. The number of sulfonamides is 2. The highest BCUT2D eigenvalue weighted by Crippen LogP contribution is 2.30. The molecule has 0 spiro atoms. The van der Waals surface area contributed by atoms with Gasteiger partial charge >= 0.3 is 0 Å². The van der Waals surface area contributed by atoms with E-state index < -0.39 is 41.9 Å².